The van der Waals surface area contributed by atoms with E-state index in [-0.39, 0.29) is 0 Å². The summed E-state index contributed by atoms with van der Waals surface area (Å²) in [7, 11) is 0. The van der Waals surface area contributed by atoms with Crippen LogP contribution in [0, 0.1) is 0 Å². The molecule has 0 saturated heterocycles. The van der Waals surface area contributed by atoms with E-state index in [0.29, 0.717) is 0 Å². The molecule has 0 aromatic heterocycles. The highest BCUT2D eigenvalue weighted by molar-refractivity contribution is 5.90. The summed E-state index contributed by atoms with van der Waals surface area (Å²) in [5.74, 6) is -2.83. The van der Waals surface area contributed by atoms with Gasteiger partial charge in [-0.25, -0.2) is 14.4 Å². The second kappa shape index (κ2) is 11.5. The quantitative estimate of drug-likeness (QED) is 0.271. The summed E-state index contributed by atoms with van der Waals surface area (Å²) in [6.45, 7) is 11.1. The van der Waals surface area contributed by atoms with E-state index < -0.39 is 55.7 Å². The Hall–Kier alpha value is -3.00. The zero-order valence-corrected chi connectivity index (χ0v) is 13.7. The van der Waals surface area contributed by atoms with Crippen LogP contribution in [0.15, 0.2) is 50.6 Å². The van der Waals surface area contributed by atoms with Gasteiger partial charge in [0.15, 0.2) is 11.4 Å². The number of carbonyl (C=O) groups is 4. The minimum atomic E-state index is -1.62. The molecule has 0 fully saturated rings. The van der Waals surface area contributed by atoms with Gasteiger partial charge in [0, 0.05) is 18.2 Å². The van der Waals surface area contributed by atoms with Gasteiger partial charge in [-0.2, -0.15) is 0 Å². The van der Waals surface area contributed by atoms with Crippen LogP contribution in [0.25, 0.3) is 0 Å². The maximum atomic E-state index is 11.4. The van der Waals surface area contributed by atoms with Crippen molar-refractivity contribution in [3.05, 3.63) is 50.6 Å². The van der Waals surface area contributed by atoms with E-state index in [1.165, 1.54) is 0 Å². The molecule has 0 heterocycles. The summed E-state index contributed by atoms with van der Waals surface area (Å²) in [6.07, 6.45) is 3.74. The van der Waals surface area contributed by atoms with Crippen molar-refractivity contribution in [3.63, 3.8) is 0 Å². The third-order valence-corrected chi connectivity index (χ3v) is 2.68. The normalized spacial score (nSPS) is 10.1. The van der Waals surface area contributed by atoms with Crippen LogP contribution in [0.5, 0.6) is 0 Å². The topological polar surface area (TPSA) is 105 Å². The zero-order chi connectivity index (χ0) is 19.3. The molecule has 0 aliphatic carbocycles. The Morgan fingerprint density at radius 1 is 0.680 bits per heavy atom. The molecular formula is C17H20O8. The Kier molecular flexibility index (Phi) is 10.1. The summed E-state index contributed by atoms with van der Waals surface area (Å²) in [5, 5.41) is 0. The van der Waals surface area contributed by atoms with E-state index in [0.717, 1.165) is 24.3 Å². The van der Waals surface area contributed by atoms with Crippen LogP contribution in [0.2, 0.25) is 0 Å². The van der Waals surface area contributed by atoms with Crippen molar-refractivity contribution < 1.29 is 38.1 Å². The van der Waals surface area contributed by atoms with Crippen molar-refractivity contribution in [1.29, 1.82) is 0 Å². The van der Waals surface area contributed by atoms with Gasteiger partial charge in [-0.3, -0.25) is 4.79 Å². The van der Waals surface area contributed by atoms with E-state index in [4.69, 9.17) is 18.9 Å². The van der Waals surface area contributed by atoms with Crippen molar-refractivity contribution >= 4 is 23.7 Å². The molecule has 136 valence electrons. The average Bonchev–Trinajstić information content (AvgIpc) is 2.65. The van der Waals surface area contributed by atoms with E-state index in [1.54, 1.807) is 0 Å². The van der Waals surface area contributed by atoms with Crippen molar-refractivity contribution in [1.82, 2.24) is 0 Å². The first kappa shape index (κ1) is 22.0. The Morgan fingerprint density at radius 2 is 1.04 bits per heavy atom. The van der Waals surface area contributed by atoms with Crippen molar-refractivity contribution in [2.45, 2.75) is 5.60 Å². The zero-order valence-electron chi connectivity index (χ0n) is 13.7. The standard InChI is InChI=1S/C17H20O8/c1-5-13(18)9-25-17(10-22-14(19)6-2,11-23-15(20)7-3)12-24-16(21)8-4/h5-8H,1-4,9-12H2. The summed E-state index contributed by atoms with van der Waals surface area (Å²) in [6, 6.07) is 0. The van der Waals surface area contributed by atoms with Gasteiger partial charge in [-0.15, -0.1) is 0 Å². The summed E-state index contributed by atoms with van der Waals surface area (Å²) in [4.78, 5) is 45.4. The predicted molar refractivity (Wildman–Crippen MR) is 87.4 cm³/mol. The van der Waals surface area contributed by atoms with Gasteiger partial charge in [0.05, 0.1) is 0 Å². The fourth-order valence-electron chi connectivity index (χ4n) is 1.32. The lowest BCUT2D eigenvalue weighted by molar-refractivity contribution is -0.182. The highest BCUT2D eigenvalue weighted by Gasteiger charge is 2.37. The van der Waals surface area contributed by atoms with Crippen LogP contribution in [0.3, 0.4) is 0 Å². The monoisotopic (exact) mass is 352 g/mol. The SMILES string of the molecule is C=CC(=O)COC(COC(=O)C=C)(COC(=O)C=C)COC(=O)C=C. The van der Waals surface area contributed by atoms with Crippen LogP contribution in [0.4, 0.5) is 0 Å². The number of ketones is 1. The van der Waals surface area contributed by atoms with Crippen LogP contribution >= 0.6 is 0 Å². The fourth-order valence-corrected chi connectivity index (χ4v) is 1.32. The molecule has 0 N–H and O–H groups in total. The maximum absolute atomic E-state index is 11.4. The lowest BCUT2D eigenvalue weighted by atomic mass is 10.1. The number of rotatable bonds is 13. The fraction of sp³-hybridized carbons (Fsp3) is 0.294. The molecule has 0 amide bonds. The van der Waals surface area contributed by atoms with Gasteiger partial charge in [0.2, 0.25) is 0 Å². The lowest BCUT2D eigenvalue weighted by Crippen LogP contribution is -2.49. The van der Waals surface area contributed by atoms with Crippen LogP contribution in [-0.4, -0.2) is 55.7 Å². The molecule has 0 unspecified atom stereocenters. The molecule has 0 atom stereocenters. The van der Waals surface area contributed by atoms with Gasteiger partial charge in [-0.1, -0.05) is 26.3 Å². The highest BCUT2D eigenvalue weighted by Crippen LogP contribution is 2.16. The predicted octanol–water partition coefficient (Wildman–Crippen LogP) is 0.684. The Bertz CT molecular complexity index is 459. The van der Waals surface area contributed by atoms with Gasteiger partial charge in [0.1, 0.15) is 26.4 Å². The molecule has 0 saturated carbocycles. The summed E-state index contributed by atoms with van der Waals surface area (Å²) < 4.78 is 20.1. The molecule has 0 aliphatic rings. The molecule has 8 heteroatoms. The molecule has 0 aromatic rings. The molecule has 0 aromatic carbocycles. The molecule has 8 nitrogen and oxygen atoms in total. The molecular weight excluding hydrogens is 332 g/mol. The number of hydrogen-bond acceptors (Lipinski definition) is 8. The molecule has 0 spiro atoms. The van der Waals surface area contributed by atoms with Gasteiger partial charge in [0.25, 0.3) is 0 Å². The Morgan fingerprint density at radius 3 is 1.32 bits per heavy atom. The maximum Gasteiger partial charge on any atom is 0.330 e. The van der Waals surface area contributed by atoms with Crippen molar-refractivity contribution in [3.8, 4) is 0 Å². The van der Waals surface area contributed by atoms with E-state index in [1.807, 2.05) is 0 Å². The van der Waals surface area contributed by atoms with Crippen LogP contribution in [0.1, 0.15) is 0 Å². The third-order valence-electron chi connectivity index (χ3n) is 2.68. The number of carbonyl (C=O) groups excluding carboxylic acids is 4. The molecule has 25 heavy (non-hydrogen) atoms. The molecule has 0 rings (SSSR count). The smallest absolute Gasteiger partial charge is 0.330 e. The second-order valence-electron chi connectivity index (χ2n) is 4.58. The first-order chi connectivity index (χ1) is 11.8. The largest absolute Gasteiger partial charge is 0.459 e. The van der Waals surface area contributed by atoms with E-state index >= 15 is 0 Å². The second-order valence-corrected chi connectivity index (χ2v) is 4.58. The van der Waals surface area contributed by atoms with Crippen LogP contribution < -0.4 is 0 Å². The minimum absolute atomic E-state index is 0.466. The summed E-state index contributed by atoms with van der Waals surface area (Å²) >= 11 is 0. The minimum Gasteiger partial charge on any atom is -0.459 e. The van der Waals surface area contributed by atoms with Crippen molar-refractivity contribution in [2.75, 3.05) is 26.4 Å². The number of hydrogen-bond donors (Lipinski definition) is 0. The van der Waals surface area contributed by atoms with Gasteiger partial charge < -0.3 is 18.9 Å². The lowest BCUT2D eigenvalue weighted by Gasteiger charge is -2.31. The Labute approximate surface area is 145 Å². The Balaban J connectivity index is 5.36. The van der Waals surface area contributed by atoms with Crippen LogP contribution in [-0.2, 0) is 38.1 Å². The molecule has 0 radical (unpaired) electrons. The van der Waals surface area contributed by atoms with E-state index in [2.05, 4.69) is 26.3 Å². The third kappa shape index (κ3) is 9.01. The average molecular weight is 352 g/mol. The molecule has 0 aliphatic heterocycles. The summed E-state index contributed by atoms with van der Waals surface area (Å²) in [5.41, 5.74) is -1.62. The number of esters is 3. The van der Waals surface area contributed by atoms with E-state index in [9.17, 15) is 19.2 Å². The highest BCUT2D eigenvalue weighted by atomic mass is 16.6. The van der Waals surface area contributed by atoms with Gasteiger partial charge in [-0.05, 0) is 6.08 Å². The number of ether oxygens (including phenoxy) is 4. The first-order valence-corrected chi connectivity index (χ1v) is 6.99. The molecule has 0 bridgehead atoms. The van der Waals surface area contributed by atoms with Gasteiger partial charge >= 0.3 is 17.9 Å². The van der Waals surface area contributed by atoms with Crippen molar-refractivity contribution in [2.24, 2.45) is 0 Å². The first-order valence-electron chi connectivity index (χ1n) is 6.99.